The van der Waals surface area contributed by atoms with Crippen molar-refractivity contribution in [2.75, 3.05) is 0 Å². The highest BCUT2D eigenvalue weighted by atomic mass is 35.5. The molecule has 1 N–H and O–H groups in total. The van der Waals surface area contributed by atoms with Crippen LogP contribution in [0.25, 0.3) is 17.3 Å². The molecule has 1 heterocycles. The Morgan fingerprint density at radius 1 is 1.18 bits per heavy atom. The summed E-state index contributed by atoms with van der Waals surface area (Å²) < 4.78 is 15.1. The summed E-state index contributed by atoms with van der Waals surface area (Å²) in [7, 11) is 0. The van der Waals surface area contributed by atoms with Crippen LogP contribution in [-0.4, -0.2) is 15.6 Å². The van der Waals surface area contributed by atoms with Gasteiger partial charge in [0.1, 0.15) is 5.82 Å². The predicted octanol–water partition coefficient (Wildman–Crippen LogP) is 5.65. The molecule has 0 saturated heterocycles. The van der Waals surface area contributed by atoms with Gasteiger partial charge in [-0.2, -0.15) is 5.26 Å². The maximum absolute atomic E-state index is 13.1. The highest BCUT2D eigenvalue weighted by Gasteiger charge is 2.14. The van der Waals surface area contributed by atoms with Crippen LogP contribution in [0.15, 0.2) is 48.5 Å². The van der Waals surface area contributed by atoms with Gasteiger partial charge < -0.3 is 9.67 Å². The first-order valence-electron chi connectivity index (χ1n) is 8.41. The van der Waals surface area contributed by atoms with Gasteiger partial charge in [0.05, 0.1) is 22.2 Å². The van der Waals surface area contributed by atoms with E-state index in [9.17, 15) is 14.4 Å². The molecule has 28 heavy (non-hydrogen) atoms. The van der Waals surface area contributed by atoms with Crippen LogP contribution < -0.4 is 0 Å². The van der Waals surface area contributed by atoms with E-state index in [2.05, 4.69) is 6.07 Å². The van der Waals surface area contributed by atoms with E-state index in [1.165, 1.54) is 18.2 Å². The topological polar surface area (TPSA) is 66.0 Å². The minimum atomic E-state index is -1.08. The molecule has 0 aliphatic heterocycles. The third kappa shape index (κ3) is 3.68. The smallest absolute Gasteiger partial charge is 0.337 e. The lowest BCUT2D eigenvalue weighted by atomic mass is 10.0. The van der Waals surface area contributed by atoms with Crippen molar-refractivity contribution in [1.29, 1.82) is 5.26 Å². The predicted molar refractivity (Wildman–Crippen MR) is 107 cm³/mol. The lowest BCUT2D eigenvalue weighted by Gasteiger charge is -2.11. The highest BCUT2D eigenvalue weighted by Crippen LogP contribution is 2.28. The SMILES string of the molecule is Cc1cc(/C=C(/C#N)c2ccc(F)cc2)c(C)n1-c1ccc(C(=O)O)c(Cl)c1. The number of hydrogen-bond acceptors (Lipinski definition) is 2. The van der Waals surface area contributed by atoms with Crippen LogP contribution in [0.3, 0.4) is 0 Å². The fourth-order valence-corrected chi connectivity index (χ4v) is 3.37. The van der Waals surface area contributed by atoms with Crippen LogP contribution in [0.4, 0.5) is 4.39 Å². The zero-order chi connectivity index (χ0) is 20.4. The molecular weight excluding hydrogens is 379 g/mol. The molecule has 6 heteroatoms. The van der Waals surface area contributed by atoms with Gasteiger partial charge >= 0.3 is 5.97 Å². The largest absolute Gasteiger partial charge is 0.478 e. The van der Waals surface area contributed by atoms with Gasteiger partial charge in [-0.3, -0.25) is 0 Å². The summed E-state index contributed by atoms with van der Waals surface area (Å²) in [5.74, 6) is -1.44. The Bertz CT molecular complexity index is 1140. The van der Waals surface area contributed by atoms with Gasteiger partial charge in [0, 0.05) is 17.1 Å². The van der Waals surface area contributed by atoms with Crippen molar-refractivity contribution in [3.05, 3.63) is 87.4 Å². The quantitative estimate of drug-likeness (QED) is 0.581. The van der Waals surface area contributed by atoms with Gasteiger partial charge in [-0.15, -0.1) is 0 Å². The molecule has 0 fully saturated rings. The number of benzene rings is 2. The Morgan fingerprint density at radius 3 is 2.43 bits per heavy atom. The van der Waals surface area contributed by atoms with E-state index < -0.39 is 5.97 Å². The summed E-state index contributed by atoms with van der Waals surface area (Å²) >= 11 is 6.11. The minimum absolute atomic E-state index is 0.0380. The molecule has 3 aromatic rings. The van der Waals surface area contributed by atoms with Crippen molar-refractivity contribution in [2.45, 2.75) is 13.8 Å². The van der Waals surface area contributed by atoms with Gasteiger partial charge in [-0.05, 0) is 67.4 Å². The third-order valence-electron chi connectivity index (χ3n) is 4.49. The second-order valence-corrected chi connectivity index (χ2v) is 6.72. The van der Waals surface area contributed by atoms with Gasteiger partial charge in [0.15, 0.2) is 0 Å². The zero-order valence-corrected chi connectivity index (χ0v) is 16.0. The second-order valence-electron chi connectivity index (χ2n) is 6.31. The maximum Gasteiger partial charge on any atom is 0.337 e. The van der Waals surface area contributed by atoms with Crippen LogP contribution in [0.5, 0.6) is 0 Å². The lowest BCUT2D eigenvalue weighted by molar-refractivity contribution is 0.0697. The number of halogens is 2. The molecule has 0 bridgehead atoms. The van der Waals surface area contributed by atoms with E-state index >= 15 is 0 Å². The number of aryl methyl sites for hydroxylation is 1. The average Bonchev–Trinajstić information content (AvgIpc) is 2.93. The van der Waals surface area contributed by atoms with Crippen molar-refractivity contribution >= 4 is 29.2 Å². The van der Waals surface area contributed by atoms with Gasteiger partial charge in [-0.25, -0.2) is 9.18 Å². The second kappa shape index (κ2) is 7.71. The van der Waals surface area contributed by atoms with Crippen LogP contribution >= 0.6 is 11.6 Å². The van der Waals surface area contributed by atoms with E-state index in [4.69, 9.17) is 16.7 Å². The number of carboxylic acid groups (broad SMARTS) is 1. The Hall–Kier alpha value is -3.36. The van der Waals surface area contributed by atoms with Crippen molar-refractivity contribution in [1.82, 2.24) is 4.57 Å². The molecule has 0 radical (unpaired) electrons. The third-order valence-corrected chi connectivity index (χ3v) is 4.80. The molecule has 3 rings (SSSR count). The van der Waals surface area contributed by atoms with Crippen LogP contribution in [0.1, 0.15) is 32.9 Å². The molecule has 1 aromatic heterocycles. The summed E-state index contributed by atoms with van der Waals surface area (Å²) in [6, 6.07) is 14.6. The Morgan fingerprint density at radius 2 is 1.86 bits per heavy atom. The van der Waals surface area contributed by atoms with Crippen molar-refractivity contribution in [3.63, 3.8) is 0 Å². The fraction of sp³-hybridized carbons (Fsp3) is 0.0909. The number of aromatic nitrogens is 1. The van der Waals surface area contributed by atoms with Crippen molar-refractivity contribution in [2.24, 2.45) is 0 Å². The number of nitrogens with zero attached hydrogens (tertiary/aromatic N) is 2. The highest BCUT2D eigenvalue weighted by molar-refractivity contribution is 6.33. The number of rotatable bonds is 4. The summed E-state index contributed by atoms with van der Waals surface area (Å²) in [6.07, 6.45) is 1.75. The summed E-state index contributed by atoms with van der Waals surface area (Å²) in [4.78, 5) is 11.2. The van der Waals surface area contributed by atoms with Gasteiger partial charge in [0.25, 0.3) is 0 Å². The number of aromatic carboxylic acids is 1. The minimum Gasteiger partial charge on any atom is -0.478 e. The number of allylic oxidation sites excluding steroid dienone is 1. The summed E-state index contributed by atoms with van der Waals surface area (Å²) in [5, 5.41) is 18.8. The molecule has 0 aliphatic rings. The number of nitriles is 1. The van der Waals surface area contributed by atoms with E-state index in [0.717, 1.165) is 22.6 Å². The first kappa shape index (κ1) is 19.4. The Kier molecular flexibility index (Phi) is 5.34. The molecule has 0 unspecified atom stereocenters. The summed E-state index contributed by atoms with van der Waals surface area (Å²) in [5.41, 5.74) is 4.41. The van der Waals surface area contributed by atoms with Crippen molar-refractivity contribution in [3.8, 4) is 11.8 Å². The molecule has 0 amide bonds. The van der Waals surface area contributed by atoms with E-state index in [0.29, 0.717) is 11.1 Å². The molecule has 4 nitrogen and oxygen atoms in total. The van der Waals surface area contributed by atoms with Crippen molar-refractivity contribution < 1.29 is 14.3 Å². The van der Waals surface area contributed by atoms with Crippen LogP contribution in [0.2, 0.25) is 5.02 Å². The molecule has 0 aliphatic carbocycles. The standard InChI is InChI=1S/C22H16ClFN2O2/c1-13-9-16(10-17(12-25)15-3-5-18(24)6-4-15)14(2)26(13)19-7-8-20(22(27)28)21(23)11-19/h3-11H,1-2H3,(H,27,28)/b17-10-. The first-order valence-corrected chi connectivity index (χ1v) is 8.79. The first-order chi connectivity index (χ1) is 13.3. The Balaban J connectivity index is 2.07. The van der Waals surface area contributed by atoms with E-state index in [1.807, 2.05) is 24.5 Å². The van der Waals surface area contributed by atoms with Gasteiger partial charge in [0.2, 0.25) is 0 Å². The van der Waals surface area contributed by atoms with E-state index in [-0.39, 0.29) is 16.4 Å². The van der Waals surface area contributed by atoms with Crippen LogP contribution in [0, 0.1) is 31.0 Å². The lowest BCUT2D eigenvalue weighted by Crippen LogP contribution is -2.02. The molecular formula is C22H16ClFN2O2. The van der Waals surface area contributed by atoms with Gasteiger partial charge in [-0.1, -0.05) is 23.7 Å². The number of carboxylic acids is 1. The molecule has 0 spiro atoms. The van der Waals surface area contributed by atoms with E-state index in [1.54, 1.807) is 30.3 Å². The normalized spacial score (nSPS) is 11.3. The monoisotopic (exact) mass is 394 g/mol. The zero-order valence-electron chi connectivity index (χ0n) is 15.2. The maximum atomic E-state index is 13.1. The molecule has 2 aromatic carbocycles. The molecule has 0 saturated carbocycles. The fourth-order valence-electron chi connectivity index (χ4n) is 3.11. The number of carbonyl (C=O) groups is 1. The van der Waals surface area contributed by atoms with Crippen LogP contribution in [-0.2, 0) is 0 Å². The summed E-state index contributed by atoms with van der Waals surface area (Å²) in [6.45, 7) is 3.81. The average molecular weight is 395 g/mol. The molecule has 140 valence electrons. The molecule has 0 atom stereocenters. The Labute approximate surface area is 166 Å². The number of hydrogen-bond donors (Lipinski definition) is 1.